The Morgan fingerprint density at radius 3 is 2.74 bits per heavy atom. The molecule has 19 heavy (non-hydrogen) atoms. The SMILES string of the molecule is Cc1cccc(/C=C/C(=O)N(C)CCCC(=O)O)c1. The van der Waals surface area contributed by atoms with Gasteiger partial charge in [-0.25, -0.2) is 0 Å². The normalized spacial score (nSPS) is 10.6. The lowest BCUT2D eigenvalue weighted by molar-refractivity contribution is -0.137. The van der Waals surface area contributed by atoms with E-state index in [0.29, 0.717) is 13.0 Å². The molecule has 0 atom stereocenters. The first-order valence-corrected chi connectivity index (χ1v) is 6.20. The topological polar surface area (TPSA) is 57.6 Å². The molecule has 0 unspecified atom stereocenters. The van der Waals surface area contributed by atoms with E-state index in [4.69, 9.17) is 5.11 Å². The summed E-state index contributed by atoms with van der Waals surface area (Å²) in [5, 5.41) is 8.53. The Bertz CT molecular complexity index is 480. The first-order chi connectivity index (χ1) is 8.99. The summed E-state index contributed by atoms with van der Waals surface area (Å²) < 4.78 is 0. The number of likely N-dealkylation sites (N-methyl/N-ethyl adjacent to an activating group) is 1. The number of amides is 1. The summed E-state index contributed by atoms with van der Waals surface area (Å²) in [5.41, 5.74) is 2.12. The molecule has 1 rings (SSSR count). The molecule has 0 aliphatic rings. The quantitative estimate of drug-likeness (QED) is 0.800. The van der Waals surface area contributed by atoms with Gasteiger partial charge in [0.25, 0.3) is 0 Å². The number of aliphatic carboxylic acids is 1. The van der Waals surface area contributed by atoms with Crippen LogP contribution in [-0.4, -0.2) is 35.5 Å². The zero-order valence-corrected chi connectivity index (χ0v) is 11.3. The van der Waals surface area contributed by atoms with Crippen LogP contribution >= 0.6 is 0 Å². The van der Waals surface area contributed by atoms with E-state index >= 15 is 0 Å². The molecule has 1 N–H and O–H groups in total. The zero-order chi connectivity index (χ0) is 14.3. The minimum atomic E-state index is -0.837. The number of nitrogens with zero attached hydrogens (tertiary/aromatic N) is 1. The fourth-order valence-corrected chi connectivity index (χ4v) is 1.65. The van der Waals surface area contributed by atoms with Gasteiger partial charge in [0.15, 0.2) is 0 Å². The Morgan fingerprint density at radius 1 is 1.37 bits per heavy atom. The maximum atomic E-state index is 11.8. The average Bonchev–Trinajstić information content (AvgIpc) is 2.35. The summed E-state index contributed by atoms with van der Waals surface area (Å²) in [6.45, 7) is 2.44. The van der Waals surface area contributed by atoms with Crippen LogP contribution in [0.3, 0.4) is 0 Å². The van der Waals surface area contributed by atoms with Crippen molar-refractivity contribution in [1.29, 1.82) is 0 Å². The van der Waals surface area contributed by atoms with Gasteiger partial charge in [-0.2, -0.15) is 0 Å². The van der Waals surface area contributed by atoms with Gasteiger partial charge in [-0.3, -0.25) is 9.59 Å². The fraction of sp³-hybridized carbons (Fsp3) is 0.333. The van der Waals surface area contributed by atoms with Crippen molar-refractivity contribution in [2.24, 2.45) is 0 Å². The molecule has 1 aromatic carbocycles. The Hall–Kier alpha value is -2.10. The Kier molecular flexibility index (Phi) is 5.79. The van der Waals surface area contributed by atoms with Gasteiger partial charge < -0.3 is 10.0 Å². The summed E-state index contributed by atoms with van der Waals surface area (Å²) in [6, 6.07) is 7.86. The lowest BCUT2D eigenvalue weighted by atomic mass is 10.1. The number of rotatable bonds is 6. The average molecular weight is 261 g/mol. The van der Waals surface area contributed by atoms with Gasteiger partial charge in [-0.15, -0.1) is 0 Å². The maximum absolute atomic E-state index is 11.8. The van der Waals surface area contributed by atoms with Crippen LogP contribution in [0.2, 0.25) is 0 Å². The third-order valence-electron chi connectivity index (χ3n) is 2.72. The van der Waals surface area contributed by atoms with Gasteiger partial charge >= 0.3 is 5.97 Å². The van der Waals surface area contributed by atoms with E-state index in [2.05, 4.69) is 0 Å². The second-order valence-electron chi connectivity index (χ2n) is 4.50. The molecule has 4 heteroatoms. The summed E-state index contributed by atoms with van der Waals surface area (Å²) in [5.74, 6) is -0.956. The molecule has 102 valence electrons. The van der Waals surface area contributed by atoms with E-state index < -0.39 is 5.97 Å². The van der Waals surface area contributed by atoms with Gasteiger partial charge in [-0.05, 0) is 25.0 Å². The zero-order valence-electron chi connectivity index (χ0n) is 11.3. The molecule has 0 fully saturated rings. The highest BCUT2D eigenvalue weighted by Gasteiger charge is 2.05. The van der Waals surface area contributed by atoms with Gasteiger partial charge in [0.1, 0.15) is 0 Å². The van der Waals surface area contributed by atoms with Crippen molar-refractivity contribution in [3.63, 3.8) is 0 Å². The van der Waals surface area contributed by atoms with Gasteiger partial charge in [0, 0.05) is 26.1 Å². The van der Waals surface area contributed by atoms with Crippen LogP contribution in [-0.2, 0) is 9.59 Å². The third kappa shape index (κ3) is 5.86. The smallest absolute Gasteiger partial charge is 0.303 e. The number of benzene rings is 1. The second kappa shape index (κ2) is 7.36. The highest BCUT2D eigenvalue weighted by Crippen LogP contribution is 2.06. The number of hydrogen-bond donors (Lipinski definition) is 1. The Balaban J connectivity index is 2.47. The minimum Gasteiger partial charge on any atom is -0.481 e. The van der Waals surface area contributed by atoms with E-state index in [-0.39, 0.29) is 12.3 Å². The predicted molar refractivity (Wildman–Crippen MR) is 74.7 cm³/mol. The van der Waals surface area contributed by atoms with Crippen molar-refractivity contribution in [1.82, 2.24) is 4.90 Å². The molecule has 0 bridgehead atoms. The van der Waals surface area contributed by atoms with Crippen molar-refractivity contribution in [3.8, 4) is 0 Å². The molecule has 0 aliphatic carbocycles. The lowest BCUT2D eigenvalue weighted by Crippen LogP contribution is -2.26. The van der Waals surface area contributed by atoms with E-state index in [9.17, 15) is 9.59 Å². The van der Waals surface area contributed by atoms with Gasteiger partial charge in [0.05, 0.1) is 0 Å². The number of carbonyl (C=O) groups excluding carboxylic acids is 1. The van der Waals surface area contributed by atoms with Crippen molar-refractivity contribution < 1.29 is 14.7 Å². The van der Waals surface area contributed by atoms with Crippen molar-refractivity contribution in [2.75, 3.05) is 13.6 Å². The van der Waals surface area contributed by atoms with Crippen molar-refractivity contribution >= 4 is 18.0 Å². The molecule has 0 spiro atoms. The molecular formula is C15H19NO3. The first kappa shape index (κ1) is 15.0. The molecule has 0 radical (unpaired) electrons. The van der Waals surface area contributed by atoms with Gasteiger partial charge in [-0.1, -0.05) is 29.8 Å². The summed E-state index contributed by atoms with van der Waals surface area (Å²) in [4.78, 5) is 23.7. The van der Waals surface area contributed by atoms with Crippen LogP contribution in [0.25, 0.3) is 6.08 Å². The van der Waals surface area contributed by atoms with E-state index in [0.717, 1.165) is 11.1 Å². The fourth-order valence-electron chi connectivity index (χ4n) is 1.65. The molecule has 0 aliphatic heterocycles. The second-order valence-corrected chi connectivity index (χ2v) is 4.50. The van der Waals surface area contributed by atoms with Gasteiger partial charge in [0.2, 0.25) is 5.91 Å². The number of aryl methyl sites for hydroxylation is 1. The summed E-state index contributed by atoms with van der Waals surface area (Å²) in [6.07, 6.45) is 3.83. The molecule has 0 aromatic heterocycles. The molecular weight excluding hydrogens is 242 g/mol. The first-order valence-electron chi connectivity index (χ1n) is 6.20. The largest absolute Gasteiger partial charge is 0.481 e. The Labute approximate surface area is 113 Å². The van der Waals surface area contributed by atoms with Crippen LogP contribution < -0.4 is 0 Å². The predicted octanol–water partition coefficient (Wildman–Crippen LogP) is 2.33. The standard InChI is InChI=1S/C15H19NO3/c1-12-5-3-6-13(11-12)8-9-14(17)16(2)10-4-7-15(18)19/h3,5-6,8-9,11H,4,7,10H2,1-2H3,(H,18,19)/b9-8+. The summed E-state index contributed by atoms with van der Waals surface area (Å²) >= 11 is 0. The number of carbonyl (C=O) groups is 2. The molecule has 0 heterocycles. The maximum Gasteiger partial charge on any atom is 0.303 e. The van der Waals surface area contributed by atoms with E-state index in [1.807, 2.05) is 31.2 Å². The van der Waals surface area contributed by atoms with Crippen molar-refractivity contribution in [2.45, 2.75) is 19.8 Å². The van der Waals surface area contributed by atoms with Crippen LogP contribution in [0, 0.1) is 6.92 Å². The third-order valence-corrected chi connectivity index (χ3v) is 2.72. The van der Waals surface area contributed by atoms with E-state index in [1.165, 1.54) is 11.0 Å². The molecule has 1 amide bonds. The van der Waals surface area contributed by atoms with E-state index in [1.54, 1.807) is 13.1 Å². The molecule has 0 saturated carbocycles. The molecule has 0 saturated heterocycles. The molecule has 1 aromatic rings. The minimum absolute atomic E-state index is 0.0826. The monoisotopic (exact) mass is 261 g/mol. The number of carboxylic acids is 1. The molecule has 4 nitrogen and oxygen atoms in total. The van der Waals surface area contributed by atoms with Crippen LogP contribution in [0.15, 0.2) is 30.3 Å². The van der Waals surface area contributed by atoms with Crippen LogP contribution in [0.1, 0.15) is 24.0 Å². The van der Waals surface area contributed by atoms with Crippen molar-refractivity contribution in [3.05, 3.63) is 41.5 Å². The summed E-state index contributed by atoms with van der Waals surface area (Å²) in [7, 11) is 1.67. The lowest BCUT2D eigenvalue weighted by Gasteiger charge is -2.13. The highest BCUT2D eigenvalue weighted by atomic mass is 16.4. The Morgan fingerprint density at radius 2 is 2.11 bits per heavy atom. The highest BCUT2D eigenvalue weighted by molar-refractivity contribution is 5.91. The number of carboxylic acid groups (broad SMARTS) is 1. The van der Waals surface area contributed by atoms with Crippen LogP contribution in [0.5, 0.6) is 0 Å². The van der Waals surface area contributed by atoms with Crippen LogP contribution in [0.4, 0.5) is 0 Å². The number of hydrogen-bond acceptors (Lipinski definition) is 2.